The molecular formula is C16H14ClN3O. The van der Waals surface area contributed by atoms with Gasteiger partial charge in [0, 0.05) is 10.7 Å². The Morgan fingerprint density at radius 2 is 2.00 bits per heavy atom. The minimum Gasteiger partial charge on any atom is -0.375 e. The third-order valence-corrected chi connectivity index (χ3v) is 3.20. The summed E-state index contributed by atoms with van der Waals surface area (Å²) in [5, 5.41) is 15.3. The Morgan fingerprint density at radius 1 is 1.24 bits per heavy atom. The van der Waals surface area contributed by atoms with Crippen LogP contribution in [-0.2, 0) is 4.79 Å². The van der Waals surface area contributed by atoms with Gasteiger partial charge in [0.05, 0.1) is 17.8 Å². The number of nitrogens with zero attached hydrogens (tertiary/aromatic N) is 1. The lowest BCUT2D eigenvalue weighted by molar-refractivity contribution is -0.114. The van der Waals surface area contributed by atoms with E-state index in [1.54, 1.807) is 30.3 Å². The van der Waals surface area contributed by atoms with Crippen molar-refractivity contribution in [2.75, 3.05) is 17.2 Å². The molecule has 0 spiro atoms. The summed E-state index contributed by atoms with van der Waals surface area (Å²) in [6.45, 7) is 1.97. The van der Waals surface area contributed by atoms with Crippen molar-refractivity contribution in [2.45, 2.75) is 6.92 Å². The van der Waals surface area contributed by atoms with Crippen LogP contribution in [0.25, 0.3) is 0 Å². The van der Waals surface area contributed by atoms with Gasteiger partial charge >= 0.3 is 0 Å². The SMILES string of the molecule is Cc1ccc(Cl)cc1NC(=O)CNc1ccccc1C#N. The molecule has 2 aromatic rings. The van der Waals surface area contributed by atoms with Gasteiger partial charge in [0.25, 0.3) is 0 Å². The first-order valence-electron chi connectivity index (χ1n) is 6.39. The summed E-state index contributed by atoms with van der Waals surface area (Å²) >= 11 is 5.91. The van der Waals surface area contributed by atoms with Crippen LogP contribution in [0, 0.1) is 18.3 Å². The third kappa shape index (κ3) is 3.98. The number of carbonyl (C=O) groups excluding carboxylic acids is 1. The Bertz CT molecular complexity index is 707. The summed E-state index contributed by atoms with van der Waals surface area (Å²) in [4.78, 5) is 11.9. The summed E-state index contributed by atoms with van der Waals surface area (Å²) in [6, 6.07) is 14.4. The zero-order valence-electron chi connectivity index (χ0n) is 11.5. The van der Waals surface area contributed by atoms with Crippen LogP contribution in [-0.4, -0.2) is 12.5 Å². The lowest BCUT2D eigenvalue weighted by Gasteiger charge is -2.11. The molecule has 0 aliphatic carbocycles. The summed E-state index contributed by atoms with van der Waals surface area (Å²) in [6.07, 6.45) is 0. The molecule has 2 aromatic carbocycles. The van der Waals surface area contributed by atoms with E-state index in [2.05, 4.69) is 16.7 Å². The highest BCUT2D eigenvalue weighted by Crippen LogP contribution is 2.20. The molecule has 0 saturated heterocycles. The molecule has 0 atom stereocenters. The first kappa shape index (κ1) is 14.9. The number of hydrogen-bond donors (Lipinski definition) is 2. The summed E-state index contributed by atoms with van der Waals surface area (Å²) in [5.74, 6) is -0.201. The lowest BCUT2D eigenvalue weighted by Crippen LogP contribution is -2.22. The van der Waals surface area contributed by atoms with Crippen LogP contribution in [0.4, 0.5) is 11.4 Å². The maximum Gasteiger partial charge on any atom is 0.243 e. The Labute approximate surface area is 128 Å². The van der Waals surface area contributed by atoms with Gasteiger partial charge in [0.2, 0.25) is 5.91 Å². The summed E-state index contributed by atoms with van der Waals surface area (Å²) in [7, 11) is 0. The highest BCUT2D eigenvalue weighted by molar-refractivity contribution is 6.31. The molecule has 1 amide bonds. The van der Waals surface area contributed by atoms with Gasteiger partial charge in [0.1, 0.15) is 6.07 Å². The maximum atomic E-state index is 11.9. The molecule has 0 aliphatic heterocycles. The molecule has 5 heteroatoms. The number of carbonyl (C=O) groups is 1. The van der Waals surface area contributed by atoms with E-state index in [1.807, 2.05) is 19.1 Å². The van der Waals surface area contributed by atoms with Gasteiger partial charge in [-0.15, -0.1) is 0 Å². The highest BCUT2D eigenvalue weighted by atomic mass is 35.5. The van der Waals surface area contributed by atoms with E-state index in [-0.39, 0.29) is 12.5 Å². The third-order valence-electron chi connectivity index (χ3n) is 2.96. The normalized spacial score (nSPS) is 9.76. The van der Waals surface area contributed by atoms with Crippen molar-refractivity contribution in [3.05, 3.63) is 58.6 Å². The fourth-order valence-electron chi connectivity index (χ4n) is 1.83. The minimum absolute atomic E-state index is 0.0741. The van der Waals surface area contributed by atoms with Crippen molar-refractivity contribution in [3.8, 4) is 6.07 Å². The van der Waals surface area contributed by atoms with Crippen LogP contribution in [0.5, 0.6) is 0 Å². The Hall–Kier alpha value is -2.51. The zero-order valence-corrected chi connectivity index (χ0v) is 12.2. The first-order valence-corrected chi connectivity index (χ1v) is 6.77. The van der Waals surface area contributed by atoms with E-state index in [1.165, 1.54) is 0 Å². The number of hydrogen-bond acceptors (Lipinski definition) is 3. The van der Waals surface area contributed by atoms with Crippen LogP contribution in [0.1, 0.15) is 11.1 Å². The van der Waals surface area contributed by atoms with Gasteiger partial charge < -0.3 is 10.6 Å². The van der Waals surface area contributed by atoms with Crippen molar-refractivity contribution in [2.24, 2.45) is 0 Å². The van der Waals surface area contributed by atoms with Gasteiger partial charge in [0.15, 0.2) is 0 Å². The van der Waals surface area contributed by atoms with E-state index in [9.17, 15) is 4.79 Å². The van der Waals surface area contributed by atoms with Crippen molar-refractivity contribution >= 4 is 28.9 Å². The van der Waals surface area contributed by atoms with Gasteiger partial charge in [-0.05, 0) is 36.8 Å². The molecule has 0 bridgehead atoms. The zero-order chi connectivity index (χ0) is 15.2. The van der Waals surface area contributed by atoms with Crippen LogP contribution in [0.2, 0.25) is 5.02 Å². The molecular weight excluding hydrogens is 286 g/mol. The molecule has 0 radical (unpaired) electrons. The number of aryl methyl sites for hydroxylation is 1. The Morgan fingerprint density at radius 3 is 2.76 bits per heavy atom. The molecule has 0 unspecified atom stereocenters. The predicted molar refractivity (Wildman–Crippen MR) is 84.5 cm³/mol. The topological polar surface area (TPSA) is 64.9 Å². The Kier molecular flexibility index (Phi) is 4.81. The summed E-state index contributed by atoms with van der Waals surface area (Å²) < 4.78 is 0. The van der Waals surface area contributed by atoms with Crippen LogP contribution >= 0.6 is 11.6 Å². The monoisotopic (exact) mass is 299 g/mol. The van der Waals surface area contributed by atoms with E-state index in [0.717, 1.165) is 5.56 Å². The summed E-state index contributed by atoms with van der Waals surface area (Å²) in [5.41, 5.74) is 2.76. The van der Waals surface area contributed by atoms with E-state index in [4.69, 9.17) is 16.9 Å². The maximum absolute atomic E-state index is 11.9. The number of amides is 1. The lowest BCUT2D eigenvalue weighted by atomic mass is 10.2. The van der Waals surface area contributed by atoms with E-state index < -0.39 is 0 Å². The molecule has 2 rings (SSSR count). The second-order valence-corrected chi connectivity index (χ2v) is 4.95. The average Bonchev–Trinajstić information content (AvgIpc) is 2.49. The van der Waals surface area contributed by atoms with Crippen LogP contribution in [0.15, 0.2) is 42.5 Å². The second kappa shape index (κ2) is 6.78. The number of benzene rings is 2. The molecule has 0 saturated carbocycles. The number of halogens is 1. The largest absolute Gasteiger partial charge is 0.375 e. The quantitative estimate of drug-likeness (QED) is 0.907. The average molecular weight is 300 g/mol. The van der Waals surface area contributed by atoms with Crippen LogP contribution in [0.3, 0.4) is 0 Å². The standard InChI is InChI=1S/C16H14ClN3O/c1-11-6-7-13(17)8-15(11)20-16(21)10-19-14-5-3-2-4-12(14)9-18/h2-8,19H,10H2,1H3,(H,20,21). The van der Waals surface area contributed by atoms with Gasteiger partial charge in [-0.3, -0.25) is 4.79 Å². The van der Waals surface area contributed by atoms with Crippen LogP contribution < -0.4 is 10.6 Å². The van der Waals surface area contributed by atoms with E-state index >= 15 is 0 Å². The number of para-hydroxylation sites is 1. The predicted octanol–water partition coefficient (Wildman–Crippen LogP) is 3.57. The number of nitrogens with one attached hydrogen (secondary N) is 2. The molecule has 0 aliphatic rings. The van der Waals surface area contributed by atoms with Gasteiger partial charge in [-0.1, -0.05) is 29.8 Å². The minimum atomic E-state index is -0.201. The van der Waals surface area contributed by atoms with Gasteiger partial charge in [-0.25, -0.2) is 0 Å². The number of nitriles is 1. The second-order valence-electron chi connectivity index (χ2n) is 4.52. The number of anilines is 2. The van der Waals surface area contributed by atoms with Crippen molar-refractivity contribution < 1.29 is 4.79 Å². The first-order chi connectivity index (χ1) is 10.1. The molecule has 0 fully saturated rings. The fourth-order valence-corrected chi connectivity index (χ4v) is 2.01. The van der Waals surface area contributed by atoms with Crippen molar-refractivity contribution in [1.82, 2.24) is 0 Å². The number of rotatable bonds is 4. The van der Waals surface area contributed by atoms with Crippen molar-refractivity contribution in [3.63, 3.8) is 0 Å². The Balaban J connectivity index is 2.00. The highest BCUT2D eigenvalue weighted by Gasteiger charge is 2.07. The molecule has 0 aromatic heterocycles. The fraction of sp³-hybridized carbons (Fsp3) is 0.125. The molecule has 2 N–H and O–H groups in total. The van der Waals surface area contributed by atoms with Crippen molar-refractivity contribution in [1.29, 1.82) is 5.26 Å². The van der Waals surface area contributed by atoms with Gasteiger partial charge in [-0.2, -0.15) is 5.26 Å². The molecule has 21 heavy (non-hydrogen) atoms. The van der Waals surface area contributed by atoms with E-state index in [0.29, 0.717) is 22.0 Å². The molecule has 4 nitrogen and oxygen atoms in total. The molecule has 0 heterocycles. The smallest absolute Gasteiger partial charge is 0.243 e. The molecule has 106 valence electrons.